The Morgan fingerprint density at radius 1 is 1.31 bits per heavy atom. The number of H-pyrrole nitrogens is 1. The Hall–Kier alpha value is -3.20. The topological polar surface area (TPSA) is 113 Å². The number of pyridine rings is 1. The van der Waals surface area contributed by atoms with Crippen LogP contribution in [0.2, 0.25) is 0 Å². The van der Waals surface area contributed by atoms with Gasteiger partial charge in [-0.1, -0.05) is 0 Å². The van der Waals surface area contributed by atoms with E-state index in [1.54, 1.807) is 11.6 Å². The van der Waals surface area contributed by atoms with Crippen LogP contribution < -0.4 is 10.1 Å². The van der Waals surface area contributed by atoms with Gasteiger partial charge < -0.3 is 20.1 Å². The molecule has 5 rings (SSSR count). The van der Waals surface area contributed by atoms with Crippen LogP contribution >= 0.6 is 0 Å². The minimum absolute atomic E-state index is 0.238. The van der Waals surface area contributed by atoms with Crippen molar-refractivity contribution in [1.29, 1.82) is 0 Å². The molecule has 1 saturated carbocycles. The Morgan fingerprint density at radius 3 is 2.93 bits per heavy atom. The van der Waals surface area contributed by atoms with E-state index in [1.165, 1.54) is 6.33 Å². The van der Waals surface area contributed by atoms with Crippen molar-refractivity contribution in [3.8, 4) is 17.0 Å². The molecule has 3 N–H and O–H groups in total. The summed E-state index contributed by atoms with van der Waals surface area (Å²) in [6.45, 7) is 1.89. The van der Waals surface area contributed by atoms with Gasteiger partial charge >= 0.3 is 0 Å². The molecule has 150 valence electrons. The maximum Gasteiger partial charge on any atom is 0.228 e. The largest absolute Gasteiger partial charge is 0.480 e. The first-order valence-corrected chi connectivity index (χ1v) is 9.74. The van der Waals surface area contributed by atoms with Gasteiger partial charge in [0.1, 0.15) is 12.0 Å². The first-order valence-electron chi connectivity index (χ1n) is 9.74. The minimum atomic E-state index is -0.569. The third-order valence-electron chi connectivity index (χ3n) is 5.68. The van der Waals surface area contributed by atoms with Gasteiger partial charge in [0.2, 0.25) is 11.8 Å². The Balaban J connectivity index is 1.49. The van der Waals surface area contributed by atoms with Crippen LogP contribution in [0.25, 0.3) is 27.8 Å². The highest BCUT2D eigenvalue weighted by molar-refractivity contribution is 5.98. The maximum absolute atomic E-state index is 10.2. The summed E-state index contributed by atoms with van der Waals surface area (Å²) in [6.07, 6.45) is 8.60. The normalized spacial score (nSPS) is 22.2. The Kier molecular flexibility index (Phi) is 4.13. The van der Waals surface area contributed by atoms with Crippen molar-refractivity contribution < 1.29 is 9.84 Å². The Bertz CT molecular complexity index is 1170. The van der Waals surface area contributed by atoms with Crippen LogP contribution in [0.1, 0.15) is 32.6 Å². The van der Waals surface area contributed by atoms with Gasteiger partial charge in [0.15, 0.2) is 5.65 Å². The van der Waals surface area contributed by atoms with Gasteiger partial charge in [-0.15, -0.1) is 0 Å². The Labute approximate surface area is 167 Å². The fourth-order valence-electron chi connectivity index (χ4n) is 3.99. The van der Waals surface area contributed by atoms with Crippen molar-refractivity contribution >= 4 is 22.6 Å². The summed E-state index contributed by atoms with van der Waals surface area (Å²) in [5, 5.41) is 18.5. The number of hydrogen-bond donors (Lipinski definition) is 3. The van der Waals surface area contributed by atoms with Crippen LogP contribution in [0, 0.1) is 0 Å². The predicted octanol–water partition coefficient (Wildman–Crippen LogP) is 2.78. The van der Waals surface area contributed by atoms with E-state index < -0.39 is 5.60 Å². The molecule has 0 amide bonds. The highest BCUT2D eigenvalue weighted by Crippen LogP contribution is 2.35. The number of rotatable bonds is 4. The molecule has 4 aromatic heterocycles. The van der Waals surface area contributed by atoms with Gasteiger partial charge in [0, 0.05) is 24.0 Å². The monoisotopic (exact) mass is 393 g/mol. The van der Waals surface area contributed by atoms with E-state index in [0.717, 1.165) is 47.8 Å². The first-order chi connectivity index (χ1) is 14.0. The molecule has 1 aliphatic carbocycles. The molecule has 9 nitrogen and oxygen atoms in total. The molecule has 1 fully saturated rings. The van der Waals surface area contributed by atoms with E-state index in [0.29, 0.717) is 17.5 Å². The average Bonchev–Trinajstić information content (AvgIpc) is 3.35. The van der Waals surface area contributed by atoms with E-state index in [1.807, 2.05) is 31.5 Å². The number of methoxy groups -OCH3 is 1. The summed E-state index contributed by atoms with van der Waals surface area (Å²) >= 11 is 0. The lowest BCUT2D eigenvalue weighted by Crippen LogP contribution is -2.36. The van der Waals surface area contributed by atoms with Crippen LogP contribution in [0.15, 0.2) is 30.9 Å². The SMILES string of the molecule is COc1nc(NC2CCC(C)(O)CC2)nc2[nH]cc(-c3ccn4ncnc4c3)c12. The summed E-state index contributed by atoms with van der Waals surface area (Å²) in [4.78, 5) is 16.8. The highest BCUT2D eigenvalue weighted by Gasteiger charge is 2.29. The fraction of sp³-hybridized carbons (Fsp3) is 0.400. The average molecular weight is 393 g/mol. The van der Waals surface area contributed by atoms with E-state index in [-0.39, 0.29) is 6.04 Å². The number of ether oxygens (including phenoxy) is 1. The number of aromatic amines is 1. The van der Waals surface area contributed by atoms with E-state index in [4.69, 9.17) is 4.74 Å². The standard InChI is InChI=1S/C20H23N7O2/c1-20(28)6-3-13(4-7-20)24-19-25-17-16(18(26-19)29-2)14(10-21-17)12-5-8-27-15(9-12)22-11-23-27/h5,8-11,13,28H,3-4,6-7H2,1-2H3,(H2,21,24,25,26). The van der Waals surface area contributed by atoms with E-state index >= 15 is 0 Å². The molecule has 0 atom stereocenters. The predicted molar refractivity (Wildman–Crippen MR) is 109 cm³/mol. The minimum Gasteiger partial charge on any atom is -0.480 e. The molecule has 0 spiro atoms. The van der Waals surface area contributed by atoms with Crippen LogP contribution in [-0.4, -0.2) is 53.4 Å². The molecule has 0 aliphatic heterocycles. The summed E-state index contributed by atoms with van der Waals surface area (Å²) < 4.78 is 7.32. The molecule has 0 aromatic carbocycles. The molecule has 4 aromatic rings. The second kappa shape index (κ2) is 6.70. The number of hydrogen-bond acceptors (Lipinski definition) is 7. The van der Waals surface area contributed by atoms with Gasteiger partial charge in [-0.3, -0.25) is 0 Å². The van der Waals surface area contributed by atoms with Crippen LogP contribution in [0.3, 0.4) is 0 Å². The molecular formula is C20H23N7O2. The molecule has 29 heavy (non-hydrogen) atoms. The zero-order chi connectivity index (χ0) is 20.0. The van der Waals surface area contributed by atoms with Crippen molar-refractivity contribution in [2.45, 2.75) is 44.2 Å². The first kappa shape index (κ1) is 17.9. The summed E-state index contributed by atoms with van der Waals surface area (Å²) in [6, 6.07) is 4.18. The lowest BCUT2D eigenvalue weighted by Gasteiger charge is -2.33. The van der Waals surface area contributed by atoms with Crippen LogP contribution in [0.5, 0.6) is 5.88 Å². The van der Waals surface area contributed by atoms with Gasteiger partial charge in [-0.25, -0.2) is 9.50 Å². The number of aromatic nitrogens is 6. The second-order valence-electron chi connectivity index (χ2n) is 7.88. The van der Waals surface area contributed by atoms with Crippen molar-refractivity contribution in [1.82, 2.24) is 29.5 Å². The van der Waals surface area contributed by atoms with Crippen LogP contribution in [-0.2, 0) is 0 Å². The quantitative estimate of drug-likeness (QED) is 0.488. The second-order valence-corrected chi connectivity index (χ2v) is 7.88. The van der Waals surface area contributed by atoms with Gasteiger partial charge in [-0.05, 0) is 50.3 Å². The van der Waals surface area contributed by atoms with Crippen molar-refractivity contribution in [2.75, 3.05) is 12.4 Å². The molecule has 0 saturated heterocycles. The Morgan fingerprint density at radius 2 is 2.14 bits per heavy atom. The molecule has 0 radical (unpaired) electrons. The van der Waals surface area contributed by atoms with Crippen LogP contribution in [0.4, 0.5) is 5.95 Å². The number of nitrogens with one attached hydrogen (secondary N) is 2. The number of fused-ring (bicyclic) bond motifs is 2. The highest BCUT2D eigenvalue weighted by atomic mass is 16.5. The molecule has 1 aliphatic rings. The molecular weight excluding hydrogens is 370 g/mol. The molecule has 9 heteroatoms. The van der Waals surface area contributed by atoms with Gasteiger partial charge in [0.05, 0.1) is 18.1 Å². The third kappa shape index (κ3) is 3.27. The molecule has 0 bridgehead atoms. The molecule has 4 heterocycles. The van der Waals surface area contributed by atoms with E-state index in [2.05, 4.69) is 30.4 Å². The van der Waals surface area contributed by atoms with Gasteiger partial charge in [0.25, 0.3) is 0 Å². The zero-order valence-corrected chi connectivity index (χ0v) is 16.4. The fourth-order valence-corrected chi connectivity index (χ4v) is 3.99. The van der Waals surface area contributed by atoms with Crippen molar-refractivity contribution in [3.63, 3.8) is 0 Å². The smallest absolute Gasteiger partial charge is 0.228 e. The zero-order valence-electron chi connectivity index (χ0n) is 16.4. The van der Waals surface area contributed by atoms with Crippen molar-refractivity contribution in [3.05, 3.63) is 30.9 Å². The number of nitrogens with zero attached hydrogens (tertiary/aromatic N) is 5. The number of aliphatic hydroxyl groups is 1. The molecule has 0 unspecified atom stereocenters. The summed E-state index contributed by atoms with van der Waals surface area (Å²) in [7, 11) is 1.61. The van der Waals surface area contributed by atoms with E-state index in [9.17, 15) is 5.11 Å². The third-order valence-corrected chi connectivity index (χ3v) is 5.68. The summed E-state index contributed by atoms with van der Waals surface area (Å²) in [5.41, 5.74) is 2.83. The van der Waals surface area contributed by atoms with Gasteiger partial charge in [-0.2, -0.15) is 15.1 Å². The maximum atomic E-state index is 10.2. The number of anilines is 1. The van der Waals surface area contributed by atoms with Crippen molar-refractivity contribution in [2.24, 2.45) is 0 Å². The lowest BCUT2D eigenvalue weighted by atomic mass is 9.84. The lowest BCUT2D eigenvalue weighted by molar-refractivity contribution is 0.0195. The summed E-state index contributed by atoms with van der Waals surface area (Å²) in [5.74, 6) is 1.04.